The Morgan fingerprint density at radius 2 is 2.20 bits per heavy atom. The lowest BCUT2D eigenvalue weighted by Crippen LogP contribution is -2.17. The van der Waals surface area contributed by atoms with E-state index < -0.39 is 0 Å². The molecular weight excluding hydrogens is 270 g/mol. The Hall–Kier alpha value is -0.540. The SMILES string of the molecule is CC(CCl)CCCNCc1ccn(C2CCCCC2)n1. The highest BCUT2D eigenvalue weighted by Crippen LogP contribution is 2.27. The second kappa shape index (κ2) is 8.68. The predicted octanol–water partition coefficient (Wildman–Crippen LogP) is 4.13. The van der Waals surface area contributed by atoms with E-state index in [1.807, 2.05) is 0 Å². The van der Waals surface area contributed by atoms with Gasteiger partial charge in [0.2, 0.25) is 0 Å². The minimum atomic E-state index is 0.629. The quantitative estimate of drug-likeness (QED) is 0.577. The van der Waals surface area contributed by atoms with Crippen LogP contribution < -0.4 is 5.32 Å². The maximum atomic E-state index is 5.80. The van der Waals surface area contributed by atoms with Gasteiger partial charge in [0.1, 0.15) is 0 Å². The standard InChI is InChI=1S/C16H28ClN3/c1-14(12-17)6-5-10-18-13-15-9-11-20(19-15)16-7-3-2-4-8-16/h9,11,14,16,18H,2-8,10,12-13H2,1H3. The van der Waals surface area contributed by atoms with Crippen LogP contribution >= 0.6 is 11.6 Å². The lowest BCUT2D eigenvalue weighted by molar-refractivity contribution is 0.327. The lowest BCUT2D eigenvalue weighted by Gasteiger charge is -2.21. The first kappa shape index (κ1) is 15.8. The van der Waals surface area contributed by atoms with E-state index in [-0.39, 0.29) is 0 Å². The monoisotopic (exact) mass is 297 g/mol. The van der Waals surface area contributed by atoms with Crippen LogP contribution in [-0.4, -0.2) is 22.2 Å². The first-order valence-electron chi connectivity index (χ1n) is 8.10. The molecule has 0 aromatic carbocycles. The maximum absolute atomic E-state index is 5.80. The fourth-order valence-electron chi connectivity index (χ4n) is 2.89. The van der Waals surface area contributed by atoms with Crippen molar-refractivity contribution in [3.05, 3.63) is 18.0 Å². The summed E-state index contributed by atoms with van der Waals surface area (Å²) in [6, 6.07) is 2.80. The molecule has 1 aliphatic rings. The highest BCUT2D eigenvalue weighted by atomic mass is 35.5. The van der Waals surface area contributed by atoms with Gasteiger partial charge >= 0.3 is 0 Å². The van der Waals surface area contributed by atoms with Crippen molar-refractivity contribution in [3.8, 4) is 0 Å². The van der Waals surface area contributed by atoms with Crippen LogP contribution in [0.3, 0.4) is 0 Å². The van der Waals surface area contributed by atoms with Crippen LogP contribution in [0.5, 0.6) is 0 Å². The van der Waals surface area contributed by atoms with Crippen LogP contribution in [0.25, 0.3) is 0 Å². The van der Waals surface area contributed by atoms with E-state index in [1.54, 1.807) is 0 Å². The molecule has 0 aliphatic heterocycles. The van der Waals surface area contributed by atoms with Crippen LogP contribution in [0.4, 0.5) is 0 Å². The molecule has 1 N–H and O–H groups in total. The Balaban J connectivity index is 1.65. The third kappa shape index (κ3) is 5.10. The second-order valence-electron chi connectivity index (χ2n) is 6.16. The molecule has 1 fully saturated rings. The fraction of sp³-hybridized carbons (Fsp3) is 0.812. The normalized spacial score (nSPS) is 18.3. The number of rotatable bonds is 8. The van der Waals surface area contributed by atoms with Crippen molar-refractivity contribution in [2.45, 2.75) is 64.5 Å². The fourth-order valence-corrected chi connectivity index (χ4v) is 3.04. The molecule has 1 unspecified atom stereocenters. The number of hydrogen-bond acceptors (Lipinski definition) is 2. The molecule has 0 radical (unpaired) electrons. The molecule has 0 amide bonds. The molecule has 114 valence electrons. The molecule has 4 heteroatoms. The zero-order valence-electron chi connectivity index (χ0n) is 12.7. The van der Waals surface area contributed by atoms with E-state index in [1.165, 1.54) is 50.6 Å². The Morgan fingerprint density at radius 3 is 2.95 bits per heavy atom. The third-order valence-electron chi connectivity index (χ3n) is 4.23. The molecule has 1 aliphatic carbocycles. The summed E-state index contributed by atoms with van der Waals surface area (Å²) >= 11 is 5.80. The molecule has 0 spiro atoms. The average molecular weight is 298 g/mol. The van der Waals surface area contributed by atoms with Gasteiger partial charge in [-0.1, -0.05) is 26.2 Å². The van der Waals surface area contributed by atoms with E-state index >= 15 is 0 Å². The number of nitrogens with zero attached hydrogens (tertiary/aromatic N) is 2. The van der Waals surface area contributed by atoms with Gasteiger partial charge in [-0.25, -0.2) is 0 Å². The van der Waals surface area contributed by atoms with Crippen molar-refractivity contribution < 1.29 is 0 Å². The van der Waals surface area contributed by atoms with Gasteiger partial charge < -0.3 is 5.32 Å². The summed E-state index contributed by atoms with van der Waals surface area (Å²) in [7, 11) is 0. The van der Waals surface area contributed by atoms with Gasteiger partial charge in [0.15, 0.2) is 0 Å². The number of alkyl halides is 1. The summed E-state index contributed by atoms with van der Waals surface area (Å²) in [4.78, 5) is 0. The number of halogens is 1. The Labute approximate surface area is 128 Å². The molecule has 3 nitrogen and oxygen atoms in total. The number of aromatic nitrogens is 2. The van der Waals surface area contributed by atoms with Gasteiger partial charge in [0, 0.05) is 18.6 Å². The van der Waals surface area contributed by atoms with Crippen molar-refractivity contribution in [3.63, 3.8) is 0 Å². The van der Waals surface area contributed by atoms with E-state index in [2.05, 4.69) is 29.2 Å². The molecule has 1 aromatic heterocycles. The summed E-state index contributed by atoms with van der Waals surface area (Å²) in [6.45, 7) is 4.14. The topological polar surface area (TPSA) is 29.9 Å². The summed E-state index contributed by atoms with van der Waals surface area (Å²) in [5.41, 5.74) is 1.17. The van der Waals surface area contributed by atoms with Crippen LogP contribution in [0.2, 0.25) is 0 Å². The number of hydrogen-bond donors (Lipinski definition) is 1. The smallest absolute Gasteiger partial charge is 0.0762 e. The van der Waals surface area contributed by atoms with E-state index in [0.29, 0.717) is 12.0 Å². The van der Waals surface area contributed by atoms with Gasteiger partial charge in [-0.3, -0.25) is 4.68 Å². The van der Waals surface area contributed by atoms with Crippen molar-refractivity contribution in [2.75, 3.05) is 12.4 Å². The molecule has 0 saturated heterocycles. The zero-order chi connectivity index (χ0) is 14.2. The lowest BCUT2D eigenvalue weighted by atomic mass is 9.96. The van der Waals surface area contributed by atoms with Crippen LogP contribution in [0.1, 0.15) is 63.6 Å². The van der Waals surface area contributed by atoms with Gasteiger partial charge in [0.25, 0.3) is 0 Å². The Bertz CT molecular complexity index is 372. The maximum Gasteiger partial charge on any atom is 0.0762 e. The third-order valence-corrected chi connectivity index (χ3v) is 4.76. The van der Waals surface area contributed by atoms with Crippen molar-refractivity contribution >= 4 is 11.6 Å². The summed E-state index contributed by atoms with van der Waals surface area (Å²) < 4.78 is 2.19. The van der Waals surface area contributed by atoms with E-state index in [4.69, 9.17) is 16.7 Å². The molecule has 1 saturated carbocycles. The highest BCUT2D eigenvalue weighted by molar-refractivity contribution is 6.18. The van der Waals surface area contributed by atoms with Crippen LogP contribution in [0, 0.1) is 5.92 Å². The van der Waals surface area contributed by atoms with Crippen molar-refractivity contribution in [1.29, 1.82) is 0 Å². The van der Waals surface area contributed by atoms with Gasteiger partial charge in [-0.2, -0.15) is 5.10 Å². The minimum Gasteiger partial charge on any atom is -0.311 e. The summed E-state index contributed by atoms with van der Waals surface area (Å²) in [5, 5.41) is 8.19. The molecule has 2 rings (SSSR count). The van der Waals surface area contributed by atoms with Gasteiger partial charge in [0.05, 0.1) is 11.7 Å². The predicted molar refractivity (Wildman–Crippen MR) is 85.2 cm³/mol. The summed E-state index contributed by atoms with van der Waals surface area (Å²) in [6.07, 6.45) is 11.3. The summed E-state index contributed by atoms with van der Waals surface area (Å²) in [5.74, 6) is 1.40. The molecule has 1 atom stereocenters. The molecule has 1 aromatic rings. The first-order chi connectivity index (χ1) is 9.79. The second-order valence-corrected chi connectivity index (χ2v) is 6.47. The Kier molecular flexibility index (Phi) is 6.88. The Morgan fingerprint density at radius 1 is 1.40 bits per heavy atom. The van der Waals surface area contributed by atoms with Crippen molar-refractivity contribution in [2.24, 2.45) is 5.92 Å². The molecule has 0 bridgehead atoms. The van der Waals surface area contributed by atoms with E-state index in [0.717, 1.165) is 19.0 Å². The van der Waals surface area contributed by atoms with Crippen LogP contribution in [0.15, 0.2) is 12.3 Å². The van der Waals surface area contributed by atoms with Crippen LogP contribution in [-0.2, 0) is 6.54 Å². The van der Waals surface area contributed by atoms with Gasteiger partial charge in [-0.05, 0) is 44.2 Å². The molecule has 20 heavy (non-hydrogen) atoms. The largest absolute Gasteiger partial charge is 0.311 e. The minimum absolute atomic E-state index is 0.629. The van der Waals surface area contributed by atoms with E-state index in [9.17, 15) is 0 Å². The molecule has 1 heterocycles. The van der Waals surface area contributed by atoms with Gasteiger partial charge in [-0.15, -0.1) is 11.6 Å². The number of nitrogens with one attached hydrogen (secondary N) is 1. The van der Waals surface area contributed by atoms with Crippen molar-refractivity contribution in [1.82, 2.24) is 15.1 Å². The molecular formula is C16H28ClN3. The average Bonchev–Trinajstić information content (AvgIpc) is 2.96. The highest BCUT2D eigenvalue weighted by Gasteiger charge is 2.15. The zero-order valence-corrected chi connectivity index (χ0v) is 13.4. The first-order valence-corrected chi connectivity index (χ1v) is 8.63.